The van der Waals surface area contributed by atoms with Gasteiger partial charge in [-0.1, -0.05) is 12.2 Å². The predicted molar refractivity (Wildman–Crippen MR) is 65.1 cm³/mol. The van der Waals surface area contributed by atoms with Gasteiger partial charge in [0.2, 0.25) is 5.91 Å². The first-order valence-corrected chi connectivity index (χ1v) is 6.39. The van der Waals surface area contributed by atoms with E-state index in [0.29, 0.717) is 11.8 Å². The van der Waals surface area contributed by atoms with E-state index in [0.717, 1.165) is 45.3 Å². The van der Waals surface area contributed by atoms with Gasteiger partial charge in [0.1, 0.15) is 0 Å². The van der Waals surface area contributed by atoms with Crippen LogP contribution in [0.4, 0.5) is 0 Å². The van der Waals surface area contributed by atoms with Gasteiger partial charge in [0.15, 0.2) is 0 Å². The van der Waals surface area contributed by atoms with Crippen molar-refractivity contribution < 1.29 is 4.79 Å². The average molecular weight is 222 g/mol. The lowest BCUT2D eigenvalue weighted by Gasteiger charge is -2.24. The monoisotopic (exact) mass is 222 g/mol. The molecule has 1 aliphatic heterocycles. The largest absolute Gasteiger partial charge is 0.342 e. The number of nitrogens with one attached hydrogen (secondary N) is 1. The summed E-state index contributed by atoms with van der Waals surface area (Å²) in [6.07, 6.45) is 8.58. The minimum Gasteiger partial charge on any atom is -0.342 e. The first kappa shape index (κ1) is 11.6. The Labute approximate surface area is 97.9 Å². The fourth-order valence-corrected chi connectivity index (χ4v) is 2.76. The summed E-state index contributed by atoms with van der Waals surface area (Å²) in [5.74, 6) is 1.31. The van der Waals surface area contributed by atoms with Crippen LogP contribution in [0.1, 0.15) is 25.7 Å². The molecule has 2 rings (SSSR count). The van der Waals surface area contributed by atoms with Crippen LogP contribution in [0, 0.1) is 11.8 Å². The Morgan fingerprint density at radius 3 is 3.00 bits per heavy atom. The summed E-state index contributed by atoms with van der Waals surface area (Å²) in [5, 5.41) is 3.20. The molecule has 2 unspecified atom stereocenters. The fourth-order valence-electron chi connectivity index (χ4n) is 2.76. The molecule has 0 bridgehead atoms. The molecule has 0 saturated carbocycles. The van der Waals surface area contributed by atoms with E-state index in [-0.39, 0.29) is 5.92 Å². The van der Waals surface area contributed by atoms with Crippen molar-refractivity contribution in [3.63, 3.8) is 0 Å². The number of carbonyl (C=O) groups excluding carboxylic acids is 1. The maximum atomic E-state index is 12.2. The average Bonchev–Trinajstić information content (AvgIpc) is 2.78. The summed E-state index contributed by atoms with van der Waals surface area (Å²) < 4.78 is 0. The molecule has 0 radical (unpaired) electrons. The number of nitrogens with zero attached hydrogens (tertiary/aromatic N) is 1. The quantitative estimate of drug-likeness (QED) is 0.732. The molecule has 1 amide bonds. The molecule has 0 aromatic carbocycles. The number of hydrogen-bond acceptors (Lipinski definition) is 2. The molecule has 0 aromatic heterocycles. The molecule has 2 aliphatic rings. The molecule has 16 heavy (non-hydrogen) atoms. The highest BCUT2D eigenvalue weighted by molar-refractivity contribution is 5.79. The third-order valence-corrected chi connectivity index (χ3v) is 3.71. The number of carbonyl (C=O) groups is 1. The van der Waals surface area contributed by atoms with Gasteiger partial charge in [-0.2, -0.15) is 0 Å². The normalized spacial score (nSPS) is 29.7. The van der Waals surface area contributed by atoms with Gasteiger partial charge in [-0.15, -0.1) is 0 Å². The van der Waals surface area contributed by atoms with Crippen molar-refractivity contribution in [1.82, 2.24) is 10.2 Å². The van der Waals surface area contributed by atoms with Crippen molar-refractivity contribution in [3.05, 3.63) is 12.2 Å². The van der Waals surface area contributed by atoms with Crippen molar-refractivity contribution in [2.45, 2.75) is 25.7 Å². The zero-order chi connectivity index (χ0) is 11.4. The van der Waals surface area contributed by atoms with Crippen LogP contribution in [0.5, 0.6) is 0 Å². The molecule has 1 N–H and O–H groups in total. The van der Waals surface area contributed by atoms with Gasteiger partial charge < -0.3 is 10.2 Å². The predicted octanol–water partition coefficient (Wildman–Crippen LogP) is 1.41. The van der Waals surface area contributed by atoms with Crippen LogP contribution in [0.15, 0.2) is 12.2 Å². The zero-order valence-corrected chi connectivity index (χ0v) is 10.1. The Balaban J connectivity index is 1.84. The minimum atomic E-state index is 0.262. The topological polar surface area (TPSA) is 32.3 Å². The van der Waals surface area contributed by atoms with Crippen LogP contribution in [0.3, 0.4) is 0 Å². The highest BCUT2D eigenvalue weighted by Crippen LogP contribution is 2.24. The van der Waals surface area contributed by atoms with E-state index in [2.05, 4.69) is 22.4 Å². The van der Waals surface area contributed by atoms with E-state index in [9.17, 15) is 4.79 Å². The van der Waals surface area contributed by atoms with E-state index in [1.54, 1.807) is 0 Å². The molecule has 3 nitrogen and oxygen atoms in total. The van der Waals surface area contributed by atoms with Gasteiger partial charge in [-0.05, 0) is 45.2 Å². The summed E-state index contributed by atoms with van der Waals surface area (Å²) >= 11 is 0. The third-order valence-electron chi connectivity index (χ3n) is 3.71. The van der Waals surface area contributed by atoms with Crippen LogP contribution in [0.2, 0.25) is 0 Å². The Hall–Kier alpha value is -0.830. The lowest BCUT2D eigenvalue weighted by atomic mass is 9.93. The molecule has 1 aliphatic carbocycles. The first-order valence-electron chi connectivity index (χ1n) is 6.39. The van der Waals surface area contributed by atoms with Crippen LogP contribution >= 0.6 is 0 Å². The van der Waals surface area contributed by atoms with Crippen molar-refractivity contribution in [2.24, 2.45) is 11.8 Å². The van der Waals surface area contributed by atoms with Gasteiger partial charge in [0.05, 0.1) is 0 Å². The SMILES string of the molecule is CNCC1CCN(C(=O)C2CC=CCC2)C1. The van der Waals surface area contributed by atoms with Crippen molar-refractivity contribution in [1.29, 1.82) is 0 Å². The lowest BCUT2D eigenvalue weighted by molar-refractivity contribution is -0.134. The summed E-state index contributed by atoms with van der Waals surface area (Å²) in [5.41, 5.74) is 0. The molecule has 1 fully saturated rings. The van der Waals surface area contributed by atoms with Gasteiger partial charge in [0.25, 0.3) is 0 Å². The number of amides is 1. The summed E-state index contributed by atoms with van der Waals surface area (Å²) in [6, 6.07) is 0. The number of rotatable bonds is 3. The van der Waals surface area contributed by atoms with Gasteiger partial charge in [-0.3, -0.25) is 4.79 Å². The Morgan fingerprint density at radius 2 is 2.31 bits per heavy atom. The number of allylic oxidation sites excluding steroid dienone is 2. The van der Waals surface area contributed by atoms with E-state index >= 15 is 0 Å². The van der Waals surface area contributed by atoms with Crippen LogP contribution in [-0.2, 0) is 4.79 Å². The molecule has 0 aromatic rings. The van der Waals surface area contributed by atoms with Crippen molar-refractivity contribution in [2.75, 3.05) is 26.7 Å². The van der Waals surface area contributed by atoms with Crippen LogP contribution in [-0.4, -0.2) is 37.5 Å². The Kier molecular flexibility index (Phi) is 3.99. The van der Waals surface area contributed by atoms with E-state index in [4.69, 9.17) is 0 Å². The van der Waals surface area contributed by atoms with Crippen LogP contribution < -0.4 is 5.32 Å². The number of likely N-dealkylation sites (tertiary alicyclic amines) is 1. The third kappa shape index (κ3) is 2.64. The molecule has 90 valence electrons. The van der Waals surface area contributed by atoms with Crippen molar-refractivity contribution >= 4 is 5.91 Å². The molecule has 3 heteroatoms. The molecule has 0 spiro atoms. The second-order valence-corrected chi connectivity index (χ2v) is 4.98. The first-order chi connectivity index (χ1) is 7.81. The van der Waals surface area contributed by atoms with Gasteiger partial charge in [0, 0.05) is 19.0 Å². The molecule has 2 atom stereocenters. The van der Waals surface area contributed by atoms with Crippen molar-refractivity contribution in [3.8, 4) is 0 Å². The standard InChI is InChI=1S/C13H22N2O/c1-14-9-11-7-8-15(10-11)13(16)12-5-3-2-4-6-12/h2-3,11-12,14H,4-10H2,1H3. The summed E-state index contributed by atoms with van der Waals surface area (Å²) in [4.78, 5) is 14.3. The summed E-state index contributed by atoms with van der Waals surface area (Å²) in [7, 11) is 1.98. The molecule has 1 saturated heterocycles. The highest BCUT2D eigenvalue weighted by atomic mass is 16.2. The van der Waals surface area contributed by atoms with Gasteiger partial charge in [-0.25, -0.2) is 0 Å². The molecular formula is C13H22N2O. The Bertz CT molecular complexity index is 275. The van der Waals surface area contributed by atoms with E-state index < -0.39 is 0 Å². The Morgan fingerprint density at radius 1 is 1.44 bits per heavy atom. The maximum absolute atomic E-state index is 12.2. The second kappa shape index (κ2) is 5.48. The molecule has 1 heterocycles. The van der Waals surface area contributed by atoms with E-state index in [1.165, 1.54) is 0 Å². The summed E-state index contributed by atoms with van der Waals surface area (Å²) in [6.45, 7) is 2.96. The second-order valence-electron chi connectivity index (χ2n) is 4.98. The smallest absolute Gasteiger partial charge is 0.226 e. The van der Waals surface area contributed by atoms with Crippen LogP contribution in [0.25, 0.3) is 0 Å². The van der Waals surface area contributed by atoms with E-state index in [1.807, 2.05) is 7.05 Å². The minimum absolute atomic E-state index is 0.262. The lowest BCUT2D eigenvalue weighted by Crippen LogP contribution is -2.35. The number of hydrogen-bond donors (Lipinski definition) is 1. The zero-order valence-electron chi connectivity index (χ0n) is 10.1. The molecular weight excluding hydrogens is 200 g/mol. The fraction of sp³-hybridized carbons (Fsp3) is 0.769. The van der Waals surface area contributed by atoms with Gasteiger partial charge >= 0.3 is 0 Å². The maximum Gasteiger partial charge on any atom is 0.226 e. The highest BCUT2D eigenvalue weighted by Gasteiger charge is 2.30.